The first-order chi connectivity index (χ1) is 12.3. The number of sulfonamides is 1. The van der Waals surface area contributed by atoms with Gasteiger partial charge in [0.1, 0.15) is 22.9 Å². The van der Waals surface area contributed by atoms with E-state index in [2.05, 4.69) is 4.72 Å². The van der Waals surface area contributed by atoms with Gasteiger partial charge in [0, 0.05) is 0 Å². The lowest BCUT2D eigenvalue weighted by atomic mass is 10.0. The summed E-state index contributed by atoms with van der Waals surface area (Å²) in [6, 6.07) is 11.0. The van der Waals surface area contributed by atoms with Gasteiger partial charge in [-0.25, -0.2) is 12.8 Å². The third-order valence-electron chi connectivity index (χ3n) is 4.38. The van der Waals surface area contributed by atoms with E-state index < -0.39 is 21.5 Å². The van der Waals surface area contributed by atoms with Gasteiger partial charge in [0.05, 0.1) is 4.90 Å². The largest absolute Gasteiger partial charge is 0.480 e. The van der Waals surface area contributed by atoms with E-state index in [-0.39, 0.29) is 23.6 Å². The lowest BCUT2D eigenvalue weighted by molar-refractivity contribution is -0.143. The van der Waals surface area contributed by atoms with Gasteiger partial charge in [-0.15, -0.1) is 0 Å². The van der Waals surface area contributed by atoms with Gasteiger partial charge in [-0.1, -0.05) is 12.8 Å². The first-order valence-corrected chi connectivity index (χ1v) is 9.60. The van der Waals surface area contributed by atoms with Gasteiger partial charge in [0.15, 0.2) is 0 Å². The number of carboxylic acid groups (broad SMARTS) is 1. The summed E-state index contributed by atoms with van der Waals surface area (Å²) in [6.45, 7) is 0. The summed E-state index contributed by atoms with van der Waals surface area (Å²) < 4.78 is 45.9. The maximum atomic E-state index is 12.9. The van der Waals surface area contributed by atoms with E-state index in [0.29, 0.717) is 24.3 Å². The third kappa shape index (κ3) is 3.86. The molecule has 0 aromatic heterocycles. The Morgan fingerprint density at radius 3 is 2.00 bits per heavy atom. The predicted molar refractivity (Wildman–Crippen MR) is 92.1 cm³/mol. The number of hydrogen-bond donors (Lipinski definition) is 2. The molecule has 1 aliphatic carbocycles. The van der Waals surface area contributed by atoms with Gasteiger partial charge in [-0.2, -0.15) is 4.72 Å². The molecule has 0 radical (unpaired) electrons. The highest BCUT2D eigenvalue weighted by atomic mass is 32.2. The molecule has 26 heavy (non-hydrogen) atoms. The van der Waals surface area contributed by atoms with Crippen LogP contribution in [-0.4, -0.2) is 25.0 Å². The monoisotopic (exact) mass is 379 g/mol. The molecule has 2 aromatic carbocycles. The van der Waals surface area contributed by atoms with Gasteiger partial charge in [0.25, 0.3) is 0 Å². The standard InChI is InChI=1S/C18H18FNO5S/c19-13-3-5-14(6-4-13)25-15-7-9-16(10-8-15)26(23,24)20-18(17(21)22)11-1-2-12-18/h3-10,20H,1-2,11-12H2,(H,21,22). The quantitative estimate of drug-likeness (QED) is 0.803. The number of aliphatic carboxylic acids is 1. The Kier molecular flexibility index (Phi) is 4.97. The second kappa shape index (κ2) is 7.05. The van der Waals surface area contributed by atoms with Crippen LogP contribution in [0.15, 0.2) is 53.4 Å². The molecule has 138 valence electrons. The highest BCUT2D eigenvalue weighted by Crippen LogP contribution is 2.32. The van der Waals surface area contributed by atoms with Crippen molar-refractivity contribution >= 4 is 16.0 Å². The average Bonchev–Trinajstić information content (AvgIpc) is 3.07. The zero-order chi connectivity index (χ0) is 18.8. The number of halogens is 1. The summed E-state index contributed by atoms with van der Waals surface area (Å²) in [6.07, 6.45) is 1.87. The third-order valence-corrected chi connectivity index (χ3v) is 5.93. The van der Waals surface area contributed by atoms with Crippen LogP contribution in [0.3, 0.4) is 0 Å². The molecule has 3 rings (SSSR count). The van der Waals surface area contributed by atoms with Crippen molar-refractivity contribution in [3.8, 4) is 11.5 Å². The highest BCUT2D eigenvalue weighted by Gasteiger charge is 2.44. The van der Waals surface area contributed by atoms with Gasteiger partial charge in [0.2, 0.25) is 10.0 Å². The van der Waals surface area contributed by atoms with Crippen LogP contribution in [0.25, 0.3) is 0 Å². The van der Waals surface area contributed by atoms with Crippen LogP contribution >= 0.6 is 0 Å². The summed E-state index contributed by atoms with van der Waals surface area (Å²) >= 11 is 0. The molecule has 0 saturated heterocycles. The Morgan fingerprint density at radius 1 is 1.00 bits per heavy atom. The van der Waals surface area contributed by atoms with Crippen LogP contribution in [-0.2, 0) is 14.8 Å². The second-order valence-corrected chi connectivity index (χ2v) is 7.91. The normalized spacial score (nSPS) is 16.3. The van der Waals surface area contributed by atoms with Crippen molar-refractivity contribution in [3.05, 3.63) is 54.3 Å². The van der Waals surface area contributed by atoms with Crippen LogP contribution in [0.4, 0.5) is 4.39 Å². The van der Waals surface area contributed by atoms with Crippen molar-refractivity contribution in [1.29, 1.82) is 0 Å². The van der Waals surface area contributed by atoms with Crippen molar-refractivity contribution in [3.63, 3.8) is 0 Å². The molecule has 0 aliphatic heterocycles. The molecule has 1 aliphatic rings. The van der Waals surface area contributed by atoms with E-state index >= 15 is 0 Å². The maximum Gasteiger partial charge on any atom is 0.324 e. The number of nitrogens with one attached hydrogen (secondary N) is 1. The maximum absolute atomic E-state index is 12.9. The fraction of sp³-hybridized carbons (Fsp3) is 0.278. The Hall–Kier alpha value is -2.45. The lowest BCUT2D eigenvalue weighted by Crippen LogP contribution is -2.52. The molecular weight excluding hydrogens is 361 g/mol. The van der Waals surface area contributed by atoms with Crippen LogP contribution in [0.1, 0.15) is 25.7 Å². The minimum Gasteiger partial charge on any atom is -0.480 e. The minimum atomic E-state index is -3.98. The van der Waals surface area contributed by atoms with Gasteiger partial charge >= 0.3 is 5.97 Å². The molecule has 2 N–H and O–H groups in total. The molecule has 1 saturated carbocycles. The van der Waals surface area contributed by atoms with Crippen LogP contribution in [0, 0.1) is 5.82 Å². The van der Waals surface area contributed by atoms with Gasteiger partial charge in [-0.3, -0.25) is 4.79 Å². The Labute approximate surface area is 150 Å². The smallest absolute Gasteiger partial charge is 0.324 e. The summed E-state index contributed by atoms with van der Waals surface area (Å²) in [5.74, 6) is -0.751. The van der Waals surface area contributed by atoms with E-state index in [4.69, 9.17) is 4.74 Å². The van der Waals surface area contributed by atoms with Gasteiger partial charge in [-0.05, 0) is 61.4 Å². The molecule has 1 fully saturated rings. The van der Waals surface area contributed by atoms with E-state index in [1.807, 2.05) is 0 Å². The summed E-state index contributed by atoms with van der Waals surface area (Å²) in [5.41, 5.74) is -1.44. The molecule has 0 heterocycles. The Balaban J connectivity index is 1.76. The van der Waals surface area contributed by atoms with Crippen molar-refractivity contribution in [2.75, 3.05) is 0 Å². The lowest BCUT2D eigenvalue weighted by Gasteiger charge is -2.25. The summed E-state index contributed by atoms with van der Waals surface area (Å²) in [5, 5.41) is 9.43. The molecular formula is C18H18FNO5S. The fourth-order valence-electron chi connectivity index (χ4n) is 2.98. The topological polar surface area (TPSA) is 92.7 Å². The molecule has 0 atom stereocenters. The first-order valence-electron chi connectivity index (χ1n) is 8.12. The number of ether oxygens (including phenoxy) is 1. The average molecular weight is 379 g/mol. The highest BCUT2D eigenvalue weighted by molar-refractivity contribution is 7.89. The predicted octanol–water partition coefficient (Wildman–Crippen LogP) is 3.29. The first kappa shape index (κ1) is 18.3. The van der Waals surface area contributed by atoms with E-state index in [1.165, 1.54) is 48.5 Å². The van der Waals surface area contributed by atoms with Crippen molar-refractivity contribution in [1.82, 2.24) is 4.72 Å². The van der Waals surface area contributed by atoms with E-state index in [1.54, 1.807) is 0 Å². The zero-order valence-corrected chi connectivity index (χ0v) is 14.6. The summed E-state index contributed by atoms with van der Waals surface area (Å²) in [4.78, 5) is 11.5. The van der Waals surface area contributed by atoms with Crippen LogP contribution in [0.2, 0.25) is 0 Å². The SMILES string of the molecule is O=C(O)C1(NS(=O)(=O)c2ccc(Oc3ccc(F)cc3)cc2)CCCC1. The Bertz CT molecular complexity index is 888. The summed E-state index contributed by atoms with van der Waals surface area (Å²) in [7, 11) is -3.98. The number of hydrogen-bond acceptors (Lipinski definition) is 4. The molecule has 0 unspecified atom stereocenters. The number of carboxylic acids is 1. The Morgan fingerprint density at radius 2 is 1.50 bits per heavy atom. The van der Waals surface area contributed by atoms with Crippen molar-refractivity contribution in [2.45, 2.75) is 36.1 Å². The van der Waals surface area contributed by atoms with Crippen LogP contribution < -0.4 is 9.46 Å². The van der Waals surface area contributed by atoms with Crippen LogP contribution in [0.5, 0.6) is 11.5 Å². The number of benzene rings is 2. The van der Waals surface area contributed by atoms with Crippen molar-refractivity contribution < 1.29 is 27.4 Å². The molecule has 6 nitrogen and oxygen atoms in total. The molecule has 0 amide bonds. The molecule has 2 aromatic rings. The minimum absolute atomic E-state index is 0.0449. The molecule has 0 spiro atoms. The molecule has 8 heteroatoms. The fourth-order valence-corrected chi connectivity index (χ4v) is 4.40. The second-order valence-electron chi connectivity index (χ2n) is 6.23. The van der Waals surface area contributed by atoms with Crippen molar-refractivity contribution in [2.24, 2.45) is 0 Å². The zero-order valence-electron chi connectivity index (χ0n) is 13.8. The number of carbonyl (C=O) groups is 1. The van der Waals surface area contributed by atoms with E-state index in [0.717, 1.165) is 0 Å². The molecule has 0 bridgehead atoms. The van der Waals surface area contributed by atoms with Gasteiger partial charge < -0.3 is 9.84 Å². The van der Waals surface area contributed by atoms with E-state index in [9.17, 15) is 22.7 Å². The number of rotatable bonds is 6.